The van der Waals surface area contributed by atoms with Crippen molar-refractivity contribution in [2.75, 3.05) is 6.61 Å². The summed E-state index contributed by atoms with van der Waals surface area (Å²) in [6, 6.07) is 0. The van der Waals surface area contributed by atoms with E-state index in [4.69, 9.17) is 10.5 Å². The van der Waals surface area contributed by atoms with Crippen LogP contribution in [0.1, 0.15) is 34.6 Å². The monoisotopic (exact) mass is 251 g/mol. The third-order valence-corrected chi connectivity index (χ3v) is 3.25. The fourth-order valence-electron chi connectivity index (χ4n) is 1.50. The average molecular weight is 251 g/mol. The molecule has 90 valence electrons. The summed E-state index contributed by atoms with van der Waals surface area (Å²) in [4.78, 5) is 11.4. The van der Waals surface area contributed by atoms with Gasteiger partial charge in [0.1, 0.15) is 5.01 Å². The van der Waals surface area contributed by atoms with Gasteiger partial charge in [0.2, 0.25) is 5.01 Å². The minimum absolute atomic E-state index is 0.265. The fourth-order valence-corrected chi connectivity index (χ4v) is 2.30. The molecule has 1 aliphatic carbocycles. The Morgan fingerprint density at radius 2 is 2.41 bits per heavy atom. The number of allylic oxidation sites excluding steroid dienone is 4. The highest BCUT2D eigenvalue weighted by Gasteiger charge is 2.17. The van der Waals surface area contributed by atoms with Crippen LogP contribution >= 0.6 is 11.3 Å². The van der Waals surface area contributed by atoms with Gasteiger partial charge in [-0.3, -0.25) is 0 Å². The molecule has 0 atom stereocenters. The highest BCUT2D eigenvalue weighted by atomic mass is 32.1. The lowest BCUT2D eigenvalue weighted by molar-refractivity contribution is 0.0525. The number of esters is 1. The molecule has 0 bridgehead atoms. The Kier molecular flexibility index (Phi) is 3.53. The second-order valence-corrected chi connectivity index (χ2v) is 4.49. The van der Waals surface area contributed by atoms with Gasteiger partial charge < -0.3 is 10.5 Å². The molecule has 0 unspecified atom stereocenters. The van der Waals surface area contributed by atoms with E-state index in [2.05, 4.69) is 10.2 Å². The SMILES string of the molecule is CCOC(=O)c1nnc(C2=C(N)CCC=C2)s1. The van der Waals surface area contributed by atoms with E-state index >= 15 is 0 Å². The molecule has 0 amide bonds. The number of ether oxygens (including phenoxy) is 1. The zero-order valence-corrected chi connectivity index (χ0v) is 10.3. The molecule has 6 heteroatoms. The van der Waals surface area contributed by atoms with Gasteiger partial charge in [-0.05, 0) is 19.8 Å². The van der Waals surface area contributed by atoms with E-state index < -0.39 is 5.97 Å². The second-order valence-electron chi connectivity index (χ2n) is 3.51. The van der Waals surface area contributed by atoms with Gasteiger partial charge in [-0.2, -0.15) is 0 Å². The quantitative estimate of drug-likeness (QED) is 0.828. The summed E-state index contributed by atoms with van der Waals surface area (Å²) in [6.45, 7) is 2.09. The first-order valence-corrected chi connectivity index (χ1v) is 6.20. The molecular weight excluding hydrogens is 238 g/mol. The van der Waals surface area contributed by atoms with Gasteiger partial charge in [0.15, 0.2) is 0 Å². The molecule has 2 N–H and O–H groups in total. The van der Waals surface area contributed by atoms with Crippen molar-refractivity contribution in [2.45, 2.75) is 19.8 Å². The summed E-state index contributed by atoms with van der Waals surface area (Å²) in [5, 5.41) is 8.72. The number of carbonyl (C=O) groups excluding carboxylic acids is 1. The van der Waals surface area contributed by atoms with Crippen LogP contribution in [0.5, 0.6) is 0 Å². The van der Waals surface area contributed by atoms with Crippen LogP contribution in [-0.4, -0.2) is 22.8 Å². The number of hydrogen-bond acceptors (Lipinski definition) is 6. The molecule has 1 aliphatic rings. The number of carbonyl (C=O) groups is 1. The highest BCUT2D eigenvalue weighted by Crippen LogP contribution is 2.27. The number of aromatic nitrogens is 2. The second kappa shape index (κ2) is 5.09. The molecular formula is C11H13N3O2S. The lowest BCUT2D eigenvalue weighted by atomic mass is 10.0. The highest BCUT2D eigenvalue weighted by molar-refractivity contribution is 7.14. The Bertz CT molecular complexity index is 491. The van der Waals surface area contributed by atoms with E-state index in [0.717, 1.165) is 24.1 Å². The van der Waals surface area contributed by atoms with E-state index in [-0.39, 0.29) is 5.01 Å². The van der Waals surface area contributed by atoms with Crippen LogP contribution in [-0.2, 0) is 4.74 Å². The zero-order valence-electron chi connectivity index (χ0n) is 9.47. The van der Waals surface area contributed by atoms with Gasteiger partial charge in [0, 0.05) is 11.3 Å². The van der Waals surface area contributed by atoms with Crippen LogP contribution in [0.15, 0.2) is 17.8 Å². The van der Waals surface area contributed by atoms with E-state index in [1.54, 1.807) is 6.92 Å². The molecule has 0 aliphatic heterocycles. The Morgan fingerprint density at radius 1 is 1.59 bits per heavy atom. The van der Waals surface area contributed by atoms with Crippen molar-refractivity contribution in [3.63, 3.8) is 0 Å². The zero-order chi connectivity index (χ0) is 12.3. The third kappa shape index (κ3) is 2.52. The number of hydrogen-bond donors (Lipinski definition) is 1. The predicted molar refractivity (Wildman–Crippen MR) is 65.3 cm³/mol. The van der Waals surface area contributed by atoms with Gasteiger partial charge in [0.25, 0.3) is 0 Å². The topological polar surface area (TPSA) is 78.1 Å². The molecule has 0 radical (unpaired) electrons. The molecule has 0 spiro atoms. The van der Waals surface area contributed by atoms with Crippen LogP contribution in [0.4, 0.5) is 0 Å². The largest absolute Gasteiger partial charge is 0.461 e. The fraction of sp³-hybridized carbons (Fsp3) is 0.364. The average Bonchev–Trinajstić information content (AvgIpc) is 2.79. The van der Waals surface area contributed by atoms with Crippen molar-refractivity contribution in [1.29, 1.82) is 0 Å². The van der Waals surface area contributed by atoms with Crippen molar-refractivity contribution >= 4 is 22.9 Å². The molecule has 0 saturated heterocycles. The van der Waals surface area contributed by atoms with Gasteiger partial charge in [0.05, 0.1) is 6.61 Å². The van der Waals surface area contributed by atoms with Gasteiger partial charge >= 0.3 is 5.97 Å². The van der Waals surface area contributed by atoms with Crippen molar-refractivity contribution in [1.82, 2.24) is 10.2 Å². The van der Waals surface area contributed by atoms with Crippen molar-refractivity contribution in [3.05, 3.63) is 27.9 Å². The summed E-state index contributed by atoms with van der Waals surface area (Å²) in [7, 11) is 0. The first kappa shape index (κ1) is 11.8. The van der Waals surface area contributed by atoms with Crippen molar-refractivity contribution in [3.8, 4) is 0 Å². The Labute approximate surface area is 103 Å². The standard InChI is InChI=1S/C11H13N3O2S/c1-2-16-11(15)10-14-13-9(17-10)7-5-3-4-6-8(7)12/h3,5H,2,4,6,12H2,1H3. The van der Waals surface area contributed by atoms with Gasteiger partial charge in [-0.25, -0.2) is 4.79 Å². The lowest BCUT2D eigenvalue weighted by Gasteiger charge is -2.08. The third-order valence-electron chi connectivity index (χ3n) is 2.32. The maximum atomic E-state index is 11.4. The molecule has 0 saturated carbocycles. The van der Waals surface area contributed by atoms with Crippen LogP contribution in [0.2, 0.25) is 0 Å². The Balaban J connectivity index is 2.24. The molecule has 2 rings (SSSR count). The molecule has 0 fully saturated rings. The molecule has 0 aromatic carbocycles. The van der Waals surface area contributed by atoms with Crippen LogP contribution in [0, 0.1) is 0 Å². The van der Waals surface area contributed by atoms with Gasteiger partial charge in [-0.1, -0.05) is 23.5 Å². The summed E-state index contributed by atoms with van der Waals surface area (Å²) in [5.74, 6) is -0.435. The normalized spacial score (nSPS) is 15.1. The summed E-state index contributed by atoms with van der Waals surface area (Å²) >= 11 is 1.21. The van der Waals surface area contributed by atoms with Crippen molar-refractivity contribution < 1.29 is 9.53 Å². The number of nitrogens with two attached hydrogens (primary N) is 1. The Morgan fingerprint density at radius 3 is 3.12 bits per heavy atom. The molecule has 5 nitrogen and oxygen atoms in total. The van der Waals surface area contributed by atoms with Crippen LogP contribution in [0.25, 0.3) is 5.57 Å². The van der Waals surface area contributed by atoms with Gasteiger partial charge in [-0.15, -0.1) is 10.2 Å². The summed E-state index contributed by atoms with van der Waals surface area (Å²) < 4.78 is 4.86. The molecule has 17 heavy (non-hydrogen) atoms. The van der Waals surface area contributed by atoms with Crippen LogP contribution < -0.4 is 5.73 Å². The minimum atomic E-state index is -0.435. The minimum Gasteiger partial charge on any atom is -0.461 e. The number of nitrogens with zero attached hydrogens (tertiary/aromatic N) is 2. The molecule has 1 aromatic rings. The summed E-state index contributed by atoms with van der Waals surface area (Å²) in [6.07, 6.45) is 5.73. The van der Waals surface area contributed by atoms with E-state index in [9.17, 15) is 4.79 Å². The molecule has 1 heterocycles. The lowest BCUT2D eigenvalue weighted by Crippen LogP contribution is -2.03. The maximum Gasteiger partial charge on any atom is 0.369 e. The van der Waals surface area contributed by atoms with Crippen LogP contribution in [0.3, 0.4) is 0 Å². The van der Waals surface area contributed by atoms with Crippen molar-refractivity contribution in [2.24, 2.45) is 5.73 Å². The summed E-state index contributed by atoms with van der Waals surface area (Å²) in [5.41, 5.74) is 7.56. The first-order chi connectivity index (χ1) is 8.22. The smallest absolute Gasteiger partial charge is 0.369 e. The van der Waals surface area contributed by atoms with E-state index in [0.29, 0.717) is 11.6 Å². The first-order valence-electron chi connectivity index (χ1n) is 5.38. The number of rotatable bonds is 3. The van der Waals surface area contributed by atoms with E-state index in [1.807, 2.05) is 12.2 Å². The molecule has 1 aromatic heterocycles. The maximum absolute atomic E-state index is 11.4. The predicted octanol–water partition coefficient (Wildman–Crippen LogP) is 1.73. The van der Waals surface area contributed by atoms with E-state index in [1.165, 1.54) is 11.3 Å². The Hall–Kier alpha value is -1.69.